The fourth-order valence-corrected chi connectivity index (χ4v) is 2.51. The van der Waals surface area contributed by atoms with Gasteiger partial charge in [0.2, 0.25) is 0 Å². The standard InChI is InChI=1S/C14H25N5O3/c1-22-11-5-8-16-13(20)15-7-4-10-19-14(21)18-9-3-2-6-12(18)17-19/h2-11H2,1H3,(H2,15,16,20). The molecule has 0 atom stereocenters. The zero-order chi connectivity index (χ0) is 15.8. The fraction of sp³-hybridized carbons (Fsp3) is 0.786. The van der Waals surface area contributed by atoms with E-state index in [9.17, 15) is 9.59 Å². The summed E-state index contributed by atoms with van der Waals surface area (Å²) in [4.78, 5) is 23.6. The number of fused-ring (bicyclic) bond motifs is 1. The Hall–Kier alpha value is -1.83. The number of nitrogens with zero attached hydrogens (tertiary/aromatic N) is 3. The van der Waals surface area contributed by atoms with Crippen LogP contribution in [0.15, 0.2) is 4.79 Å². The van der Waals surface area contributed by atoms with Crippen molar-refractivity contribution >= 4 is 6.03 Å². The number of aromatic nitrogens is 3. The molecule has 8 heteroatoms. The van der Waals surface area contributed by atoms with Gasteiger partial charge in [-0.15, -0.1) is 0 Å². The third-order valence-corrected chi connectivity index (χ3v) is 3.67. The van der Waals surface area contributed by atoms with Crippen LogP contribution in [0, 0.1) is 0 Å². The van der Waals surface area contributed by atoms with Gasteiger partial charge in [0.1, 0.15) is 5.82 Å². The first-order valence-corrected chi connectivity index (χ1v) is 7.89. The monoisotopic (exact) mass is 311 g/mol. The summed E-state index contributed by atoms with van der Waals surface area (Å²) >= 11 is 0. The lowest BCUT2D eigenvalue weighted by atomic mass is 10.2. The van der Waals surface area contributed by atoms with Crippen molar-refractivity contribution in [2.24, 2.45) is 0 Å². The van der Waals surface area contributed by atoms with Crippen LogP contribution in [-0.4, -0.2) is 47.2 Å². The summed E-state index contributed by atoms with van der Waals surface area (Å²) in [7, 11) is 1.63. The van der Waals surface area contributed by atoms with Gasteiger partial charge in [0.05, 0.1) is 0 Å². The Bertz CT molecular complexity index is 537. The number of aryl methyl sites for hydroxylation is 2. The molecule has 0 saturated carbocycles. The Balaban J connectivity index is 1.66. The average molecular weight is 311 g/mol. The number of nitrogens with one attached hydrogen (secondary N) is 2. The molecule has 0 radical (unpaired) electrons. The van der Waals surface area contributed by atoms with E-state index in [-0.39, 0.29) is 11.7 Å². The quantitative estimate of drug-likeness (QED) is 0.667. The number of carbonyl (C=O) groups is 1. The number of ether oxygens (including phenoxy) is 1. The Kier molecular flexibility index (Phi) is 6.45. The zero-order valence-corrected chi connectivity index (χ0v) is 13.1. The molecule has 124 valence electrons. The van der Waals surface area contributed by atoms with Gasteiger partial charge in [-0.1, -0.05) is 0 Å². The van der Waals surface area contributed by atoms with Crippen molar-refractivity contribution in [3.05, 3.63) is 16.3 Å². The molecule has 0 aliphatic carbocycles. The van der Waals surface area contributed by atoms with E-state index in [1.807, 2.05) is 0 Å². The normalized spacial score (nSPS) is 13.7. The van der Waals surface area contributed by atoms with Gasteiger partial charge in [-0.3, -0.25) is 4.57 Å². The minimum Gasteiger partial charge on any atom is -0.385 e. The van der Waals surface area contributed by atoms with Gasteiger partial charge in [0, 0.05) is 46.3 Å². The van der Waals surface area contributed by atoms with Crippen molar-refractivity contribution in [1.82, 2.24) is 25.0 Å². The second kappa shape index (κ2) is 8.57. The highest BCUT2D eigenvalue weighted by Gasteiger charge is 2.16. The summed E-state index contributed by atoms with van der Waals surface area (Å²) in [6.07, 6.45) is 4.50. The van der Waals surface area contributed by atoms with Crippen molar-refractivity contribution in [3.8, 4) is 0 Å². The van der Waals surface area contributed by atoms with E-state index in [4.69, 9.17) is 4.74 Å². The van der Waals surface area contributed by atoms with Crippen molar-refractivity contribution in [1.29, 1.82) is 0 Å². The molecule has 2 heterocycles. The van der Waals surface area contributed by atoms with Crippen LogP contribution < -0.4 is 16.3 Å². The van der Waals surface area contributed by atoms with E-state index in [1.165, 1.54) is 4.68 Å². The van der Waals surface area contributed by atoms with Gasteiger partial charge < -0.3 is 15.4 Å². The molecule has 0 unspecified atom stereocenters. The topological polar surface area (TPSA) is 90.2 Å². The maximum atomic E-state index is 12.1. The maximum Gasteiger partial charge on any atom is 0.345 e. The maximum absolute atomic E-state index is 12.1. The van der Waals surface area contributed by atoms with Crippen LogP contribution in [0.2, 0.25) is 0 Å². The lowest BCUT2D eigenvalue weighted by Crippen LogP contribution is -2.37. The van der Waals surface area contributed by atoms with Gasteiger partial charge in [-0.25, -0.2) is 14.3 Å². The van der Waals surface area contributed by atoms with E-state index >= 15 is 0 Å². The number of urea groups is 1. The van der Waals surface area contributed by atoms with Crippen molar-refractivity contribution in [2.75, 3.05) is 26.8 Å². The number of amides is 2. The van der Waals surface area contributed by atoms with Crippen LogP contribution in [0.5, 0.6) is 0 Å². The molecule has 2 N–H and O–H groups in total. The highest BCUT2D eigenvalue weighted by atomic mass is 16.5. The van der Waals surface area contributed by atoms with Crippen LogP contribution in [-0.2, 0) is 24.2 Å². The summed E-state index contributed by atoms with van der Waals surface area (Å²) in [5, 5.41) is 9.88. The molecule has 8 nitrogen and oxygen atoms in total. The Morgan fingerprint density at radius 2 is 2.05 bits per heavy atom. The summed E-state index contributed by atoms with van der Waals surface area (Å²) in [5.74, 6) is 0.889. The van der Waals surface area contributed by atoms with Crippen molar-refractivity contribution in [2.45, 2.75) is 45.2 Å². The third-order valence-electron chi connectivity index (χ3n) is 3.67. The number of hydrogen-bond donors (Lipinski definition) is 2. The minimum absolute atomic E-state index is 0.0290. The Labute approximate surface area is 129 Å². The second-order valence-corrected chi connectivity index (χ2v) is 5.41. The predicted molar refractivity (Wildman–Crippen MR) is 81.9 cm³/mol. The molecule has 1 aliphatic rings. The van der Waals surface area contributed by atoms with Crippen LogP contribution in [0.3, 0.4) is 0 Å². The molecule has 1 aromatic heterocycles. The summed E-state index contributed by atoms with van der Waals surface area (Å²) < 4.78 is 8.18. The molecule has 2 rings (SSSR count). The number of methoxy groups -OCH3 is 1. The number of hydrogen-bond acceptors (Lipinski definition) is 4. The Morgan fingerprint density at radius 1 is 1.27 bits per heavy atom. The van der Waals surface area contributed by atoms with Crippen LogP contribution in [0.25, 0.3) is 0 Å². The molecule has 1 aromatic rings. The molecule has 22 heavy (non-hydrogen) atoms. The molecular formula is C14H25N5O3. The van der Waals surface area contributed by atoms with Gasteiger partial charge in [0.25, 0.3) is 0 Å². The van der Waals surface area contributed by atoms with Crippen LogP contribution in [0.1, 0.15) is 31.5 Å². The zero-order valence-electron chi connectivity index (χ0n) is 13.1. The van der Waals surface area contributed by atoms with Gasteiger partial charge in [0.15, 0.2) is 0 Å². The first kappa shape index (κ1) is 16.5. The molecule has 0 saturated heterocycles. The van der Waals surface area contributed by atoms with Crippen LogP contribution in [0.4, 0.5) is 4.79 Å². The molecule has 0 fully saturated rings. The lowest BCUT2D eigenvalue weighted by Gasteiger charge is -2.09. The van der Waals surface area contributed by atoms with Gasteiger partial charge >= 0.3 is 11.7 Å². The minimum atomic E-state index is -0.187. The van der Waals surface area contributed by atoms with E-state index in [0.29, 0.717) is 32.7 Å². The first-order valence-electron chi connectivity index (χ1n) is 7.89. The van der Waals surface area contributed by atoms with Gasteiger partial charge in [-0.2, -0.15) is 5.10 Å². The Morgan fingerprint density at radius 3 is 2.77 bits per heavy atom. The lowest BCUT2D eigenvalue weighted by molar-refractivity contribution is 0.193. The van der Waals surface area contributed by atoms with Crippen LogP contribution >= 0.6 is 0 Å². The summed E-state index contributed by atoms with van der Waals surface area (Å²) in [6, 6.07) is -0.187. The number of rotatable bonds is 8. The summed E-state index contributed by atoms with van der Waals surface area (Å²) in [6.45, 7) is 3.05. The van der Waals surface area contributed by atoms with E-state index in [2.05, 4.69) is 15.7 Å². The van der Waals surface area contributed by atoms with E-state index < -0.39 is 0 Å². The molecular weight excluding hydrogens is 286 g/mol. The molecule has 0 bridgehead atoms. The SMILES string of the molecule is COCCCNC(=O)NCCCn1nc2n(c1=O)CCCC2. The average Bonchev–Trinajstić information content (AvgIpc) is 2.85. The smallest absolute Gasteiger partial charge is 0.345 e. The van der Waals surface area contributed by atoms with E-state index in [1.54, 1.807) is 11.7 Å². The largest absolute Gasteiger partial charge is 0.385 e. The molecule has 2 amide bonds. The third kappa shape index (κ3) is 4.59. The second-order valence-electron chi connectivity index (χ2n) is 5.41. The van der Waals surface area contributed by atoms with Crippen molar-refractivity contribution in [3.63, 3.8) is 0 Å². The highest BCUT2D eigenvalue weighted by molar-refractivity contribution is 5.73. The van der Waals surface area contributed by atoms with Gasteiger partial charge in [-0.05, 0) is 25.7 Å². The molecule has 0 aromatic carbocycles. The van der Waals surface area contributed by atoms with E-state index in [0.717, 1.165) is 38.1 Å². The fourth-order valence-electron chi connectivity index (χ4n) is 2.51. The van der Waals surface area contributed by atoms with Crippen molar-refractivity contribution < 1.29 is 9.53 Å². The highest BCUT2D eigenvalue weighted by Crippen LogP contribution is 2.09. The molecule has 0 spiro atoms. The number of carbonyl (C=O) groups excluding carboxylic acids is 1. The first-order chi connectivity index (χ1) is 10.7. The molecule has 1 aliphatic heterocycles. The summed E-state index contributed by atoms with van der Waals surface area (Å²) in [5.41, 5.74) is -0.0290. The predicted octanol–water partition coefficient (Wildman–Crippen LogP) is 0.107.